The number of likely N-dealkylation sites (N-methyl/N-ethyl adjacent to an activating group) is 1. The van der Waals surface area contributed by atoms with Crippen molar-refractivity contribution in [3.8, 4) is 0 Å². The van der Waals surface area contributed by atoms with Crippen LogP contribution in [0.3, 0.4) is 0 Å². The van der Waals surface area contributed by atoms with E-state index in [-0.39, 0.29) is 5.91 Å². The molecule has 0 saturated carbocycles. The second-order valence-electron chi connectivity index (χ2n) is 4.86. The van der Waals surface area contributed by atoms with Crippen LogP contribution in [-0.4, -0.2) is 48.9 Å². The molecule has 94 valence electrons. The van der Waals surface area contributed by atoms with Gasteiger partial charge in [-0.1, -0.05) is 6.92 Å². The minimum atomic E-state index is 0.181. The van der Waals surface area contributed by atoms with Crippen LogP contribution in [0.2, 0.25) is 0 Å². The standard InChI is InChI=1S/C12H17IN2OS/c1-8-5-15(6-10(8)14(2)3)12(16)9-4-11(13)17-7-9/h4,7-8,10H,5-6H2,1-3H3. The molecule has 1 aliphatic rings. The van der Waals surface area contributed by atoms with Crippen molar-refractivity contribution in [2.45, 2.75) is 13.0 Å². The Labute approximate surface area is 120 Å². The van der Waals surface area contributed by atoms with Gasteiger partial charge < -0.3 is 9.80 Å². The molecule has 2 atom stereocenters. The van der Waals surface area contributed by atoms with E-state index in [0.717, 1.165) is 18.7 Å². The SMILES string of the molecule is CC1CN(C(=O)c2csc(I)c2)CC1N(C)C. The van der Waals surface area contributed by atoms with Crippen molar-refractivity contribution in [1.29, 1.82) is 0 Å². The fraction of sp³-hybridized carbons (Fsp3) is 0.583. The molecule has 1 saturated heterocycles. The maximum atomic E-state index is 12.3. The summed E-state index contributed by atoms with van der Waals surface area (Å²) in [6.45, 7) is 3.93. The number of nitrogens with zero attached hydrogens (tertiary/aromatic N) is 2. The smallest absolute Gasteiger partial charge is 0.254 e. The Hall–Kier alpha value is -0.140. The van der Waals surface area contributed by atoms with Crippen LogP contribution in [0.1, 0.15) is 17.3 Å². The van der Waals surface area contributed by atoms with Gasteiger partial charge in [0, 0.05) is 24.5 Å². The van der Waals surface area contributed by atoms with Crippen molar-refractivity contribution < 1.29 is 4.79 Å². The third-order valence-corrected chi connectivity index (χ3v) is 5.13. The summed E-state index contributed by atoms with van der Waals surface area (Å²) in [5.41, 5.74) is 0.839. The Bertz CT molecular complexity index is 418. The Morgan fingerprint density at radius 2 is 2.24 bits per heavy atom. The lowest BCUT2D eigenvalue weighted by molar-refractivity contribution is 0.0782. The Morgan fingerprint density at radius 3 is 2.71 bits per heavy atom. The fourth-order valence-corrected chi connectivity index (χ4v) is 3.71. The van der Waals surface area contributed by atoms with Gasteiger partial charge in [-0.2, -0.15) is 0 Å². The summed E-state index contributed by atoms with van der Waals surface area (Å²) in [4.78, 5) is 16.5. The molecule has 1 aliphatic heterocycles. The van der Waals surface area contributed by atoms with Crippen LogP contribution in [-0.2, 0) is 0 Å². The molecule has 0 spiro atoms. The van der Waals surface area contributed by atoms with E-state index in [1.165, 1.54) is 2.88 Å². The molecule has 1 aromatic heterocycles. The van der Waals surface area contributed by atoms with E-state index < -0.39 is 0 Å². The van der Waals surface area contributed by atoms with Gasteiger partial charge in [0.25, 0.3) is 5.91 Å². The molecule has 2 unspecified atom stereocenters. The zero-order valence-electron chi connectivity index (χ0n) is 10.3. The lowest BCUT2D eigenvalue weighted by Crippen LogP contribution is -2.35. The van der Waals surface area contributed by atoms with Gasteiger partial charge in [-0.15, -0.1) is 11.3 Å². The highest BCUT2D eigenvalue weighted by Gasteiger charge is 2.34. The van der Waals surface area contributed by atoms with Crippen LogP contribution >= 0.6 is 33.9 Å². The highest BCUT2D eigenvalue weighted by molar-refractivity contribution is 14.1. The van der Waals surface area contributed by atoms with E-state index >= 15 is 0 Å². The third-order valence-electron chi connectivity index (χ3n) is 3.34. The van der Waals surface area contributed by atoms with E-state index in [4.69, 9.17) is 0 Å². The first-order valence-electron chi connectivity index (χ1n) is 5.68. The van der Waals surface area contributed by atoms with Crippen molar-refractivity contribution in [2.24, 2.45) is 5.92 Å². The number of rotatable bonds is 2. The quantitative estimate of drug-likeness (QED) is 0.753. The molecular weight excluding hydrogens is 347 g/mol. The van der Waals surface area contributed by atoms with Crippen molar-refractivity contribution in [2.75, 3.05) is 27.2 Å². The zero-order chi connectivity index (χ0) is 12.6. The van der Waals surface area contributed by atoms with Gasteiger partial charge in [-0.25, -0.2) is 0 Å². The molecule has 3 nitrogen and oxygen atoms in total. The van der Waals surface area contributed by atoms with Crippen molar-refractivity contribution in [3.63, 3.8) is 0 Å². The predicted octanol–water partition coefficient (Wildman–Crippen LogP) is 2.37. The molecule has 5 heteroatoms. The lowest BCUT2D eigenvalue weighted by atomic mass is 10.1. The number of carbonyl (C=O) groups is 1. The summed E-state index contributed by atoms with van der Waals surface area (Å²) in [6.07, 6.45) is 0. The van der Waals surface area contributed by atoms with Crippen LogP contribution < -0.4 is 0 Å². The summed E-state index contributed by atoms with van der Waals surface area (Å²) >= 11 is 3.88. The second-order valence-corrected chi connectivity index (χ2v) is 7.66. The number of amides is 1. The van der Waals surface area contributed by atoms with E-state index in [1.807, 2.05) is 16.3 Å². The number of thiophene rings is 1. The zero-order valence-corrected chi connectivity index (χ0v) is 13.3. The van der Waals surface area contributed by atoms with Gasteiger partial charge in [0.15, 0.2) is 0 Å². The van der Waals surface area contributed by atoms with Crippen LogP contribution in [0.4, 0.5) is 0 Å². The van der Waals surface area contributed by atoms with E-state index in [2.05, 4.69) is 48.5 Å². The predicted molar refractivity (Wildman–Crippen MR) is 79.6 cm³/mol. The molecule has 1 aromatic rings. The first kappa shape index (κ1) is 13.3. The second kappa shape index (κ2) is 5.24. The van der Waals surface area contributed by atoms with E-state index in [9.17, 15) is 4.79 Å². The normalized spacial score (nSPS) is 24.6. The summed E-state index contributed by atoms with van der Waals surface area (Å²) < 4.78 is 1.17. The molecule has 0 aromatic carbocycles. The first-order chi connectivity index (χ1) is 7.99. The van der Waals surface area contributed by atoms with Crippen molar-refractivity contribution >= 4 is 39.8 Å². The van der Waals surface area contributed by atoms with E-state index in [1.54, 1.807) is 11.3 Å². The van der Waals surface area contributed by atoms with Gasteiger partial charge in [-0.3, -0.25) is 4.79 Å². The lowest BCUT2D eigenvalue weighted by Gasteiger charge is -2.22. The molecule has 1 amide bonds. The minimum Gasteiger partial charge on any atom is -0.337 e. The molecule has 2 rings (SSSR count). The fourth-order valence-electron chi connectivity index (χ4n) is 2.39. The molecule has 17 heavy (non-hydrogen) atoms. The average molecular weight is 364 g/mol. The number of likely N-dealkylation sites (tertiary alicyclic amines) is 1. The molecule has 0 aliphatic carbocycles. The van der Waals surface area contributed by atoms with Crippen LogP contribution in [0.25, 0.3) is 0 Å². The molecule has 1 fully saturated rings. The summed E-state index contributed by atoms with van der Waals surface area (Å²) in [7, 11) is 4.17. The van der Waals surface area contributed by atoms with Crippen molar-refractivity contribution in [3.05, 3.63) is 19.9 Å². The van der Waals surface area contributed by atoms with Crippen LogP contribution in [0.5, 0.6) is 0 Å². The molecule has 2 heterocycles. The molecule has 0 radical (unpaired) electrons. The number of halogens is 1. The maximum absolute atomic E-state index is 12.3. The highest BCUT2D eigenvalue weighted by atomic mass is 127. The Morgan fingerprint density at radius 1 is 1.53 bits per heavy atom. The summed E-state index contributed by atoms with van der Waals surface area (Å²) in [5, 5.41) is 1.96. The van der Waals surface area contributed by atoms with Gasteiger partial charge in [0.2, 0.25) is 0 Å². The van der Waals surface area contributed by atoms with Gasteiger partial charge >= 0.3 is 0 Å². The van der Waals surface area contributed by atoms with Crippen LogP contribution in [0.15, 0.2) is 11.4 Å². The monoisotopic (exact) mass is 364 g/mol. The number of hydrogen-bond donors (Lipinski definition) is 0. The summed E-state index contributed by atoms with van der Waals surface area (Å²) in [6, 6.07) is 2.46. The van der Waals surface area contributed by atoms with Gasteiger partial charge in [0.1, 0.15) is 0 Å². The van der Waals surface area contributed by atoms with E-state index in [0.29, 0.717) is 12.0 Å². The maximum Gasteiger partial charge on any atom is 0.254 e. The Balaban J connectivity index is 2.08. The number of hydrogen-bond acceptors (Lipinski definition) is 3. The molecular formula is C12H17IN2OS. The average Bonchev–Trinajstić information content (AvgIpc) is 2.83. The topological polar surface area (TPSA) is 23.6 Å². The largest absolute Gasteiger partial charge is 0.337 e. The van der Waals surface area contributed by atoms with Crippen LogP contribution in [0, 0.1) is 8.80 Å². The first-order valence-corrected chi connectivity index (χ1v) is 7.64. The number of carbonyl (C=O) groups excluding carboxylic acids is 1. The Kier molecular flexibility index (Phi) is 4.10. The summed E-state index contributed by atoms with van der Waals surface area (Å²) in [5.74, 6) is 0.729. The highest BCUT2D eigenvalue weighted by Crippen LogP contribution is 2.24. The van der Waals surface area contributed by atoms with Crippen molar-refractivity contribution in [1.82, 2.24) is 9.80 Å². The molecule has 0 bridgehead atoms. The van der Waals surface area contributed by atoms with Gasteiger partial charge in [0.05, 0.1) is 8.45 Å². The van der Waals surface area contributed by atoms with Gasteiger partial charge in [-0.05, 0) is 48.7 Å². The third kappa shape index (κ3) is 2.82. The molecule has 0 N–H and O–H groups in total. The minimum absolute atomic E-state index is 0.181.